The molecule has 0 atom stereocenters. The molecule has 0 saturated carbocycles. The van der Waals surface area contributed by atoms with E-state index in [0.717, 1.165) is 25.9 Å². The zero-order chi connectivity index (χ0) is 16.4. The molecule has 1 heterocycles. The van der Waals surface area contributed by atoms with Crippen molar-refractivity contribution in [2.24, 2.45) is 0 Å². The number of hydrogen-bond acceptors (Lipinski definition) is 5. The molecule has 0 aliphatic carbocycles. The SMILES string of the molecule is CC(=O)ON(C(C)=O)c1ccc(-c2nc3ccccc3s2)cc1. The zero-order valence-corrected chi connectivity index (χ0v) is 13.5. The van der Waals surface area contributed by atoms with Crippen molar-refractivity contribution in [3.8, 4) is 10.6 Å². The third-order valence-corrected chi connectivity index (χ3v) is 4.23. The second-order valence-corrected chi connectivity index (χ2v) is 5.96. The highest BCUT2D eigenvalue weighted by Gasteiger charge is 2.15. The average molecular weight is 326 g/mol. The number of benzene rings is 2. The van der Waals surface area contributed by atoms with E-state index in [9.17, 15) is 9.59 Å². The fourth-order valence-electron chi connectivity index (χ4n) is 2.16. The van der Waals surface area contributed by atoms with E-state index in [1.807, 2.05) is 36.4 Å². The van der Waals surface area contributed by atoms with E-state index >= 15 is 0 Å². The first kappa shape index (κ1) is 15.2. The Bertz CT molecular complexity index is 838. The third-order valence-electron chi connectivity index (χ3n) is 3.15. The lowest BCUT2D eigenvalue weighted by molar-refractivity contribution is -0.147. The molecule has 6 heteroatoms. The molecule has 5 nitrogen and oxygen atoms in total. The standard InChI is InChI=1S/C17H14N2O3S/c1-11(20)19(22-12(2)21)14-9-7-13(8-10-14)17-18-15-5-3-4-6-16(15)23-17/h3-10H,1-2H3. The molecule has 1 amide bonds. The van der Waals surface area contributed by atoms with E-state index in [-0.39, 0.29) is 5.91 Å². The van der Waals surface area contributed by atoms with Gasteiger partial charge in [-0.1, -0.05) is 12.1 Å². The number of carbonyl (C=O) groups is 2. The number of para-hydroxylation sites is 1. The number of nitrogens with zero attached hydrogens (tertiary/aromatic N) is 2. The van der Waals surface area contributed by atoms with Crippen LogP contribution in [0.15, 0.2) is 48.5 Å². The summed E-state index contributed by atoms with van der Waals surface area (Å²) >= 11 is 1.60. The fourth-order valence-corrected chi connectivity index (χ4v) is 3.13. The lowest BCUT2D eigenvalue weighted by Crippen LogP contribution is -2.30. The van der Waals surface area contributed by atoms with E-state index in [0.29, 0.717) is 5.69 Å². The van der Waals surface area contributed by atoms with Crippen LogP contribution in [-0.4, -0.2) is 16.9 Å². The van der Waals surface area contributed by atoms with Gasteiger partial charge in [-0.15, -0.1) is 16.4 Å². The summed E-state index contributed by atoms with van der Waals surface area (Å²) < 4.78 is 1.12. The number of aromatic nitrogens is 1. The Kier molecular flexibility index (Phi) is 4.08. The Balaban J connectivity index is 1.91. The highest BCUT2D eigenvalue weighted by molar-refractivity contribution is 7.21. The predicted octanol–water partition coefficient (Wildman–Crippen LogP) is 3.79. The Morgan fingerprint density at radius 3 is 2.35 bits per heavy atom. The van der Waals surface area contributed by atoms with Crippen LogP contribution < -0.4 is 5.06 Å². The van der Waals surface area contributed by atoms with Gasteiger partial charge in [0.15, 0.2) is 0 Å². The quantitative estimate of drug-likeness (QED) is 0.672. The maximum atomic E-state index is 11.6. The maximum absolute atomic E-state index is 11.6. The highest BCUT2D eigenvalue weighted by Crippen LogP contribution is 2.31. The van der Waals surface area contributed by atoms with E-state index in [1.54, 1.807) is 23.5 Å². The first-order valence-electron chi connectivity index (χ1n) is 7.00. The van der Waals surface area contributed by atoms with Gasteiger partial charge in [0.1, 0.15) is 5.01 Å². The van der Waals surface area contributed by atoms with Crippen molar-refractivity contribution >= 4 is 39.1 Å². The third kappa shape index (κ3) is 3.22. The van der Waals surface area contributed by atoms with Gasteiger partial charge >= 0.3 is 5.97 Å². The van der Waals surface area contributed by atoms with Gasteiger partial charge in [-0.25, -0.2) is 9.78 Å². The van der Waals surface area contributed by atoms with Gasteiger partial charge in [-0.05, 0) is 36.4 Å². The topological polar surface area (TPSA) is 59.5 Å². The molecule has 0 radical (unpaired) electrons. The number of fused-ring (bicyclic) bond motifs is 1. The molecule has 0 N–H and O–H groups in total. The molecular weight excluding hydrogens is 312 g/mol. The first-order valence-corrected chi connectivity index (χ1v) is 7.81. The summed E-state index contributed by atoms with van der Waals surface area (Å²) in [4.78, 5) is 32.2. The van der Waals surface area contributed by atoms with Crippen LogP contribution >= 0.6 is 11.3 Å². The number of amides is 1. The van der Waals surface area contributed by atoms with Crippen molar-refractivity contribution in [3.05, 3.63) is 48.5 Å². The number of thiazole rings is 1. The summed E-state index contributed by atoms with van der Waals surface area (Å²) in [6.45, 7) is 2.59. The molecule has 0 saturated heterocycles. The van der Waals surface area contributed by atoms with Crippen LogP contribution in [0.25, 0.3) is 20.8 Å². The number of carbonyl (C=O) groups excluding carboxylic acids is 2. The number of rotatable bonds is 2. The van der Waals surface area contributed by atoms with Crippen molar-refractivity contribution in [1.29, 1.82) is 0 Å². The van der Waals surface area contributed by atoms with Crippen molar-refractivity contribution in [2.45, 2.75) is 13.8 Å². The van der Waals surface area contributed by atoms with Gasteiger partial charge < -0.3 is 4.84 Å². The lowest BCUT2D eigenvalue weighted by atomic mass is 10.2. The van der Waals surface area contributed by atoms with Gasteiger partial charge in [0.2, 0.25) is 0 Å². The minimum Gasteiger partial charge on any atom is -0.334 e. The smallest absolute Gasteiger partial charge is 0.330 e. The summed E-state index contributed by atoms with van der Waals surface area (Å²) in [7, 11) is 0. The molecule has 23 heavy (non-hydrogen) atoms. The van der Waals surface area contributed by atoms with Crippen molar-refractivity contribution < 1.29 is 14.4 Å². The van der Waals surface area contributed by atoms with E-state index in [1.165, 1.54) is 13.8 Å². The van der Waals surface area contributed by atoms with Crippen molar-refractivity contribution in [1.82, 2.24) is 4.98 Å². The molecule has 1 aromatic heterocycles. The Hall–Kier alpha value is -2.73. The molecule has 3 aromatic rings. The summed E-state index contributed by atoms with van der Waals surface area (Å²) in [6.07, 6.45) is 0. The minimum atomic E-state index is -0.546. The average Bonchev–Trinajstić information content (AvgIpc) is 2.96. The van der Waals surface area contributed by atoms with Crippen LogP contribution in [0.3, 0.4) is 0 Å². The molecule has 0 aliphatic rings. The zero-order valence-electron chi connectivity index (χ0n) is 12.6. The van der Waals surface area contributed by atoms with Gasteiger partial charge in [-0.2, -0.15) is 0 Å². The number of hydrogen-bond donors (Lipinski definition) is 0. The molecule has 2 aromatic carbocycles. The largest absolute Gasteiger partial charge is 0.334 e. The molecule has 0 aliphatic heterocycles. The van der Waals surface area contributed by atoms with Crippen molar-refractivity contribution in [2.75, 3.05) is 5.06 Å². The van der Waals surface area contributed by atoms with E-state index in [4.69, 9.17) is 4.84 Å². The summed E-state index contributed by atoms with van der Waals surface area (Å²) in [6, 6.07) is 15.1. The van der Waals surface area contributed by atoms with Crippen molar-refractivity contribution in [3.63, 3.8) is 0 Å². The molecular formula is C17H14N2O3S. The molecule has 116 valence electrons. The monoisotopic (exact) mass is 326 g/mol. The lowest BCUT2D eigenvalue weighted by Gasteiger charge is -2.18. The van der Waals surface area contributed by atoms with Gasteiger partial charge in [-0.3, -0.25) is 4.79 Å². The Morgan fingerprint density at radius 2 is 1.74 bits per heavy atom. The molecule has 0 bridgehead atoms. The molecule has 0 spiro atoms. The fraction of sp³-hybridized carbons (Fsp3) is 0.118. The summed E-state index contributed by atoms with van der Waals surface area (Å²) in [5, 5.41) is 1.88. The van der Waals surface area contributed by atoms with Gasteiger partial charge in [0.05, 0.1) is 15.9 Å². The highest BCUT2D eigenvalue weighted by atomic mass is 32.1. The normalized spacial score (nSPS) is 10.5. The van der Waals surface area contributed by atoms with E-state index in [2.05, 4.69) is 4.98 Å². The Morgan fingerprint density at radius 1 is 1.04 bits per heavy atom. The Labute approximate surface area is 137 Å². The van der Waals surface area contributed by atoms with Crippen LogP contribution in [-0.2, 0) is 14.4 Å². The second kappa shape index (κ2) is 6.18. The van der Waals surface area contributed by atoms with Crippen LogP contribution in [0.1, 0.15) is 13.8 Å². The first-order chi connectivity index (χ1) is 11.0. The van der Waals surface area contributed by atoms with Crippen LogP contribution in [0.5, 0.6) is 0 Å². The molecule has 0 fully saturated rings. The number of anilines is 1. The van der Waals surface area contributed by atoms with Gasteiger partial charge in [0.25, 0.3) is 5.91 Å². The summed E-state index contributed by atoms with van der Waals surface area (Å²) in [5.41, 5.74) is 2.40. The summed E-state index contributed by atoms with van der Waals surface area (Å²) in [5.74, 6) is -0.914. The predicted molar refractivity (Wildman–Crippen MR) is 90.0 cm³/mol. The van der Waals surface area contributed by atoms with Crippen LogP contribution in [0, 0.1) is 0 Å². The molecule has 0 unspecified atom stereocenters. The second-order valence-electron chi connectivity index (χ2n) is 4.93. The minimum absolute atomic E-state index is 0.368. The van der Waals surface area contributed by atoms with Gasteiger partial charge in [0, 0.05) is 19.4 Å². The molecule has 3 rings (SSSR count). The maximum Gasteiger partial charge on any atom is 0.330 e. The van der Waals surface area contributed by atoms with Crippen LogP contribution in [0.2, 0.25) is 0 Å². The number of hydroxylamine groups is 1. The van der Waals surface area contributed by atoms with E-state index < -0.39 is 5.97 Å². The van der Waals surface area contributed by atoms with Crippen LogP contribution in [0.4, 0.5) is 5.69 Å².